The second-order valence-electron chi connectivity index (χ2n) is 4.32. The monoisotopic (exact) mass is 259 g/mol. The Balaban J connectivity index is 3.02. The maximum Gasteiger partial charge on any atom is 0.136 e. The summed E-state index contributed by atoms with van der Waals surface area (Å²) < 4.78 is 2.83. The molecule has 1 aromatic heterocycles. The lowest BCUT2D eigenvalue weighted by molar-refractivity contribution is 0.483. The minimum Gasteiger partial charge on any atom is -0.383 e. The van der Waals surface area contributed by atoms with Crippen LogP contribution in [0.2, 0.25) is 0 Å². The molecule has 0 bridgehead atoms. The predicted octanol–water partition coefficient (Wildman–Crippen LogP) is 3.01. The number of hydrogen-bond acceptors (Lipinski definition) is 2. The van der Waals surface area contributed by atoms with E-state index in [1.165, 1.54) is 0 Å². The Morgan fingerprint density at radius 3 is 2.29 bits per heavy atom. The summed E-state index contributed by atoms with van der Waals surface area (Å²) in [6, 6.07) is 0. The van der Waals surface area contributed by atoms with Crippen molar-refractivity contribution in [3.63, 3.8) is 0 Å². The van der Waals surface area contributed by atoms with Crippen molar-refractivity contribution < 1.29 is 0 Å². The molecule has 80 valence electrons. The van der Waals surface area contributed by atoms with Crippen LogP contribution in [0.15, 0.2) is 4.47 Å². The first-order valence-corrected chi connectivity index (χ1v) is 5.74. The zero-order valence-electron chi connectivity index (χ0n) is 9.21. The largest absolute Gasteiger partial charge is 0.383 e. The molecule has 14 heavy (non-hydrogen) atoms. The Bertz CT molecular complexity index is 315. The second kappa shape index (κ2) is 4.34. The van der Waals surface area contributed by atoms with E-state index in [9.17, 15) is 0 Å². The number of nitrogen functional groups attached to an aromatic ring is 1. The van der Waals surface area contributed by atoms with Crippen molar-refractivity contribution in [1.82, 2.24) is 9.78 Å². The fourth-order valence-corrected chi connectivity index (χ4v) is 2.07. The van der Waals surface area contributed by atoms with Crippen LogP contribution in [0.5, 0.6) is 0 Å². The molecule has 0 saturated heterocycles. The molecule has 0 aliphatic heterocycles. The van der Waals surface area contributed by atoms with Crippen molar-refractivity contribution in [3.05, 3.63) is 10.2 Å². The van der Waals surface area contributed by atoms with Gasteiger partial charge in [-0.3, -0.25) is 0 Å². The Morgan fingerprint density at radius 2 is 1.93 bits per heavy atom. The summed E-state index contributed by atoms with van der Waals surface area (Å²) in [6.45, 7) is 9.42. The molecular formula is C10H18BrN3. The molecule has 2 N–H and O–H groups in total. The van der Waals surface area contributed by atoms with E-state index < -0.39 is 0 Å². The number of hydrogen-bond donors (Lipinski definition) is 1. The van der Waals surface area contributed by atoms with E-state index in [2.05, 4.69) is 48.7 Å². The number of nitrogens with two attached hydrogens (primary N) is 1. The molecule has 0 saturated carbocycles. The summed E-state index contributed by atoms with van der Waals surface area (Å²) in [5.41, 5.74) is 6.99. The summed E-state index contributed by atoms with van der Waals surface area (Å²) in [6.07, 6.45) is 0. The molecule has 0 atom stereocenters. The van der Waals surface area contributed by atoms with Gasteiger partial charge in [-0.25, -0.2) is 4.68 Å². The highest BCUT2D eigenvalue weighted by molar-refractivity contribution is 9.10. The van der Waals surface area contributed by atoms with Gasteiger partial charge in [-0.2, -0.15) is 5.10 Å². The number of nitrogens with zero attached hydrogens (tertiary/aromatic N) is 2. The SMILES string of the molecule is CC(C)Cn1nc(C(C)C)c(Br)c1N. The number of aromatic nitrogens is 2. The van der Waals surface area contributed by atoms with Crippen LogP contribution in [0.1, 0.15) is 39.3 Å². The van der Waals surface area contributed by atoms with Crippen LogP contribution in [0.4, 0.5) is 5.82 Å². The molecular weight excluding hydrogens is 242 g/mol. The van der Waals surface area contributed by atoms with Gasteiger partial charge in [-0.1, -0.05) is 27.7 Å². The van der Waals surface area contributed by atoms with E-state index in [0.717, 1.165) is 22.5 Å². The topological polar surface area (TPSA) is 43.8 Å². The molecule has 0 unspecified atom stereocenters. The molecule has 0 aliphatic carbocycles. The van der Waals surface area contributed by atoms with Gasteiger partial charge >= 0.3 is 0 Å². The maximum absolute atomic E-state index is 5.94. The van der Waals surface area contributed by atoms with Crippen molar-refractivity contribution in [2.24, 2.45) is 5.92 Å². The van der Waals surface area contributed by atoms with Crippen LogP contribution in [0, 0.1) is 5.92 Å². The molecule has 4 heteroatoms. The molecule has 0 spiro atoms. The van der Waals surface area contributed by atoms with Crippen LogP contribution in [0.25, 0.3) is 0 Å². The molecule has 3 nitrogen and oxygen atoms in total. The highest BCUT2D eigenvalue weighted by Gasteiger charge is 2.15. The second-order valence-corrected chi connectivity index (χ2v) is 5.11. The minimum absolute atomic E-state index is 0.403. The summed E-state index contributed by atoms with van der Waals surface area (Å²) in [5.74, 6) is 1.70. The lowest BCUT2D eigenvalue weighted by Crippen LogP contribution is -2.09. The maximum atomic E-state index is 5.94. The van der Waals surface area contributed by atoms with Crippen LogP contribution in [-0.4, -0.2) is 9.78 Å². The smallest absolute Gasteiger partial charge is 0.136 e. The molecule has 1 aromatic rings. The summed E-state index contributed by atoms with van der Waals surface area (Å²) in [5, 5.41) is 4.49. The number of anilines is 1. The average Bonchev–Trinajstić information content (AvgIpc) is 2.32. The molecule has 1 rings (SSSR count). The normalized spacial score (nSPS) is 11.6. The number of halogens is 1. The van der Waals surface area contributed by atoms with Gasteiger partial charge < -0.3 is 5.73 Å². The third-order valence-electron chi connectivity index (χ3n) is 2.04. The molecule has 0 radical (unpaired) electrons. The zero-order valence-corrected chi connectivity index (χ0v) is 10.8. The van der Waals surface area contributed by atoms with Gasteiger partial charge in [0.15, 0.2) is 0 Å². The molecule has 0 aromatic carbocycles. The zero-order chi connectivity index (χ0) is 10.9. The van der Waals surface area contributed by atoms with Crippen molar-refractivity contribution in [1.29, 1.82) is 0 Å². The standard InChI is InChI=1S/C10H18BrN3/c1-6(2)5-14-10(12)8(11)9(13-14)7(3)4/h6-7H,5,12H2,1-4H3. The van der Waals surface area contributed by atoms with Crippen LogP contribution >= 0.6 is 15.9 Å². The van der Waals surface area contributed by atoms with Gasteiger partial charge in [0.25, 0.3) is 0 Å². The lowest BCUT2D eigenvalue weighted by Gasteiger charge is -2.06. The van der Waals surface area contributed by atoms with Gasteiger partial charge in [-0.05, 0) is 27.8 Å². The molecule has 0 aliphatic rings. The van der Waals surface area contributed by atoms with E-state index >= 15 is 0 Å². The Labute approximate surface area is 93.8 Å². The van der Waals surface area contributed by atoms with Crippen LogP contribution in [-0.2, 0) is 6.54 Å². The van der Waals surface area contributed by atoms with Gasteiger partial charge in [-0.15, -0.1) is 0 Å². The van der Waals surface area contributed by atoms with Gasteiger partial charge in [0, 0.05) is 6.54 Å². The molecule has 0 fully saturated rings. The van der Waals surface area contributed by atoms with Crippen LogP contribution in [0.3, 0.4) is 0 Å². The van der Waals surface area contributed by atoms with Crippen molar-refractivity contribution in [3.8, 4) is 0 Å². The first-order chi connectivity index (χ1) is 6.43. The van der Waals surface area contributed by atoms with Crippen LogP contribution < -0.4 is 5.73 Å². The molecule has 0 amide bonds. The average molecular weight is 260 g/mol. The van der Waals surface area contributed by atoms with Gasteiger partial charge in [0.05, 0.1) is 10.2 Å². The fourth-order valence-electron chi connectivity index (χ4n) is 1.33. The Hall–Kier alpha value is -0.510. The Morgan fingerprint density at radius 1 is 1.36 bits per heavy atom. The Kier molecular flexibility index (Phi) is 3.59. The van der Waals surface area contributed by atoms with E-state index in [1.807, 2.05) is 4.68 Å². The van der Waals surface area contributed by atoms with Gasteiger partial charge in [0.2, 0.25) is 0 Å². The third-order valence-corrected chi connectivity index (χ3v) is 2.85. The molecule has 1 heterocycles. The highest BCUT2D eigenvalue weighted by atomic mass is 79.9. The van der Waals surface area contributed by atoms with Gasteiger partial charge in [0.1, 0.15) is 5.82 Å². The van der Waals surface area contributed by atoms with Crippen molar-refractivity contribution in [2.45, 2.75) is 40.2 Å². The summed E-state index contributed by atoms with van der Waals surface area (Å²) in [7, 11) is 0. The summed E-state index contributed by atoms with van der Waals surface area (Å²) in [4.78, 5) is 0. The minimum atomic E-state index is 0.403. The van der Waals surface area contributed by atoms with Crippen molar-refractivity contribution in [2.75, 3.05) is 5.73 Å². The quantitative estimate of drug-likeness (QED) is 0.907. The first-order valence-electron chi connectivity index (χ1n) is 4.95. The predicted molar refractivity (Wildman–Crippen MR) is 63.3 cm³/mol. The lowest BCUT2D eigenvalue weighted by atomic mass is 10.1. The first kappa shape index (κ1) is 11.6. The van der Waals surface area contributed by atoms with E-state index in [-0.39, 0.29) is 0 Å². The highest BCUT2D eigenvalue weighted by Crippen LogP contribution is 2.29. The van der Waals surface area contributed by atoms with E-state index in [0.29, 0.717) is 11.8 Å². The fraction of sp³-hybridized carbons (Fsp3) is 0.700. The van der Waals surface area contributed by atoms with Crippen molar-refractivity contribution >= 4 is 21.7 Å². The third kappa shape index (κ3) is 2.29. The number of rotatable bonds is 3. The van der Waals surface area contributed by atoms with E-state index in [4.69, 9.17) is 5.73 Å². The van der Waals surface area contributed by atoms with E-state index in [1.54, 1.807) is 0 Å². The summed E-state index contributed by atoms with van der Waals surface area (Å²) >= 11 is 3.48.